The molecule has 4 nitrogen and oxygen atoms in total. The summed E-state index contributed by atoms with van der Waals surface area (Å²) in [7, 11) is 1.78. The van der Waals surface area contributed by atoms with Gasteiger partial charge >= 0.3 is 0 Å². The maximum atomic E-state index is 12.4. The normalized spacial score (nSPS) is 29.6. The monoisotopic (exact) mass is 238 g/mol. The molecule has 2 atom stereocenters. The van der Waals surface area contributed by atoms with Crippen molar-refractivity contribution in [3.63, 3.8) is 0 Å². The Morgan fingerprint density at radius 3 is 2.53 bits per heavy atom. The van der Waals surface area contributed by atoms with Crippen molar-refractivity contribution in [2.45, 2.75) is 57.5 Å². The molecule has 0 aromatic heterocycles. The van der Waals surface area contributed by atoms with E-state index in [1.54, 1.807) is 11.9 Å². The highest BCUT2D eigenvalue weighted by atomic mass is 16.2. The summed E-state index contributed by atoms with van der Waals surface area (Å²) in [5.41, 5.74) is -0.574. The van der Waals surface area contributed by atoms with E-state index in [0.717, 1.165) is 32.1 Å². The molecule has 0 aromatic rings. The lowest BCUT2D eigenvalue weighted by Crippen LogP contribution is -2.69. The second kappa shape index (κ2) is 4.31. The Balaban J connectivity index is 2.24. The van der Waals surface area contributed by atoms with Crippen molar-refractivity contribution in [3.05, 3.63) is 0 Å². The van der Waals surface area contributed by atoms with Gasteiger partial charge in [-0.2, -0.15) is 0 Å². The van der Waals surface area contributed by atoms with E-state index < -0.39 is 5.54 Å². The molecule has 0 bridgehead atoms. The maximum absolute atomic E-state index is 12.4. The third-order valence-electron chi connectivity index (χ3n) is 4.42. The van der Waals surface area contributed by atoms with Gasteiger partial charge in [0.25, 0.3) is 0 Å². The Hall–Kier alpha value is -1.06. The topological polar surface area (TPSA) is 49.4 Å². The minimum atomic E-state index is -0.574. The van der Waals surface area contributed by atoms with Crippen LogP contribution in [0.3, 0.4) is 0 Å². The standard InChI is InChI=1S/C13H22N2O2/c1-4-9(2)10-11(16)14-13(7-5-6-8-13)12(17)15(10)3/h9-10H,4-8H2,1-3H3,(H,14,16). The molecule has 1 spiro atoms. The predicted octanol–water partition coefficient (Wildman–Crippen LogP) is 1.30. The van der Waals surface area contributed by atoms with Crippen LogP contribution >= 0.6 is 0 Å². The molecule has 2 unspecified atom stereocenters. The molecule has 1 aliphatic carbocycles. The number of hydrogen-bond donors (Lipinski definition) is 1. The molecule has 2 rings (SSSR count). The van der Waals surface area contributed by atoms with E-state index in [9.17, 15) is 9.59 Å². The highest BCUT2D eigenvalue weighted by Gasteiger charge is 2.51. The molecule has 2 fully saturated rings. The van der Waals surface area contributed by atoms with Crippen molar-refractivity contribution in [3.8, 4) is 0 Å². The third kappa shape index (κ3) is 1.83. The van der Waals surface area contributed by atoms with Crippen molar-refractivity contribution in [2.75, 3.05) is 7.05 Å². The van der Waals surface area contributed by atoms with Crippen LogP contribution in [0.15, 0.2) is 0 Å². The second-order valence-electron chi connectivity index (χ2n) is 5.52. The van der Waals surface area contributed by atoms with E-state index in [4.69, 9.17) is 0 Å². The summed E-state index contributed by atoms with van der Waals surface area (Å²) in [4.78, 5) is 26.3. The minimum absolute atomic E-state index is 0.0309. The van der Waals surface area contributed by atoms with Gasteiger partial charge in [-0.05, 0) is 18.8 Å². The van der Waals surface area contributed by atoms with Crippen LogP contribution in [0.2, 0.25) is 0 Å². The van der Waals surface area contributed by atoms with Crippen LogP contribution in [0.5, 0.6) is 0 Å². The van der Waals surface area contributed by atoms with Crippen LogP contribution in [0.25, 0.3) is 0 Å². The molecule has 1 aliphatic heterocycles. The fourth-order valence-electron chi connectivity index (χ4n) is 3.18. The maximum Gasteiger partial charge on any atom is 0.248 e. The van der Waals surface area contributed by atoms with E-state index in [2.05, 4.69) is 12.2 Å². The summed E-state index contributed by atoms with van der Waals surface area (Å²) in [6, 6.07) is -0.293. The fraction of sp³-hybridized carbons (Fsp3) is 0.846. The van der Waals surface area contributed by atoms with Gasteiger partial charge in [-0.25, -0.2) is 0 Å². The fourth-order valence-corrected chi connectivity index (χ4v) is 3.18. The highest BCUT2D eigenvalue weighted by Crippen LogP contribution is 2.35. The van der Waals surface area contributed by atoms with Gasteiger partial charge < -0.3 is 10.2 Å². The lowest BCUT2D eigenvalue weighted by molar-refractivity contribution is -0.155. The van der Waals surface area contributed by atoms with Crippen LogP contribution in [0.1, 0.15) is 46.0 Å². The van der Waals surface area contributed by atoms with Gasteiger partial charge in [0.15, 0.2) is 0 Å². The molecule has 1 N–H and O–H groups in total. The Labute approximate surface area is 103 Å². The molecule has 96 valence electrons. The zero-order valence-corrected chi connectivity index (χ0v) is 11.0. The minimum Gasteiger partial charge on any atom is -0.340 e. The lowest BCUT2D eigenvalue weighted by Gasteiger charge is -2.44. The zero-order valence-electron chi connectivity index (χ0n) is 11.0. The van der Waals surface area contributed by atoms with Gasteiger partial charge in [-0.3, -0.25) is 9.59 Å². The average molecular weight is 238 g/mol. The summed E-state index contributed by atoms with van der Waals surface area (Å²) in [6.07, 6.45) is 4.58. The summed E-state index contributed by atoms with van der Waals surface area (Å²) in [6.45, 7) is 4.08. The van der Waals surface area contributed by atoms with E-state index >= 15 is 0 Å². The first kappa shape index (κ1) is 12.4. The molecule has 17 heavy (non-hydrogen) atoms. The van der Waals surface area contributed by atoms with Gasteiger partial charge in [0.05, 0.1) is 0 Å². The van der Waals surface area contributed by atoms with Crippen LogP contribution < -0.4 is 5.32 Å². The zero-order chi connectivity index (χ0) is 12.6. The third-order valence-corrected chi connectivity index (χ3v) is 4.42. The van der Waals surface area contributed by atoms with Crippen molar-refractivity contribution in [1.82, 2.24) is 10.2 Å². The number of carbonyl (C=O) groups excluding carboxylic acids is 2. The van der Waals surface area contributed by atoms with Crippen LogP contribution in [0.4, 0.5) is 0 Å². The highest BCUT2D eigenvalue weighted by molar-refractivity contribution is 6.00. The van der Waals surface area contributed by atoms with Crippen LogP contribution in [-0.4, -0.2) is 35.3 Å². The Morgan fingerprint density at radius 2 is 2.00 bits per heavy atom. The first-order valence-electron chi connectivity index (χ1n) is 6.61. The number of piperazine rings is 1. The van der Waals surface area contributed by atoms with Gasteiger partial charge in [0, 0.05) is 7.05 Å². The van der Waals surface area contributed by atoms with E-state index in [1.165, 1.54) is 0 Å². The Kier molecular flexibility index (Phi) is 3.15. The number of likely N-dealkylation sites (N-methyl/N-ethyl adjacent to an activating group) is 1. The molecule has 0 radical (unpaired) electrons. The van der Waals surface area contributed by atoms with Crippen LogP contribution in [0, 0.1) is 5.92 Å². The molecular formula is C13H22N2O2. The van der Waals surface area contributed by atoms with Crippen molar-refractivity contribution >= 4 is 11.8 Å². The average Bonchev–Trinajstić information content (AvgIpc) is 2.75. The number of nitrogens with zero attached hydrogens (tertiary/aromatic N) is 1. The predicted molar refractivity (Wildman–Crippen MR) is 65.4 cm³/mol. The lowest BCUT2D eigenvalue weighted by atomic mass is 9.87. The first-order chi connectivity index (χ1) is 8.02. The molecule has 2 amide bonds. The molecule has 1 saturated heterocycles. The summed E-state index contributed by atoms with van der Waals surface area (Å²) < 4.78 is 0. The largest absolute Gasteiger partial charge is 0.340 e. The first-order valence-corrected chi connectivity index (χ1v) is 6.61. The summed E-state index contributed by atoms with van der Waals surface area (Å²) in [5.74, 6) is 0.353. The van der Waals surface area contributed by atoms with Gasteiger partial charge in [-0.15, -0.1) is 0 Å². The van der Waals surface area contributed by atoms with Crippen molar-refractivity contribution in [2.24, 2.45) is 5.92 Å². The molecule has 0 aromatic carbocycles. The summed E-state index contributed by atoms with van der Waals surface area (Å²) in [5, 5.41) is 3.01. The Bertz CT molecular complexity index is 334. The van der Waals surface area contributed by atoms with Crippen molar-refractivity contribution < 1.29 is 9.59 Å². The molecule has 1 saturated carbocycles. The second-order valence-corrected chi connectivity index (χ2v) is 5.52. The Morgan fingerprint density at radius 1 is 1.41 bits per heavy atom. The molecular weight excluding hydrogens is 216 g/mol. The van der Waals surface area contributed by atoms with Gasteiger partial charge in [0.1, 0.15) is 11.6 Å². The number of rotatable bonds is 2. The van der Waals surface area contributed by atoms with Crippen molar-refractivity contribution in [1.29, 1.82) is 0 Å². The van der Waals surface area contributed by atoms with E-state index in [0.29, 0.717) is 0 Å². The quantitative estimate of drug-likeness (QED) is 0.788. The smallest absolute Gasteiger partial charge is 0.248 e. The molecule has 2 aliphatic rings. The van der Waals surface area contributed by atoms with Gasteiger partial charge in [-0.1, -0.05) is 33.1 Å². The summed E-state index contributed by atoms with van der Waals surface area (Å²) >= 11 is 0. The van der Waals surface area contributed by atoms with E-state index in [-0.39, 0.29) is 23.8 Å². The number of nitrogens with one attached hydrogen (secondary N) is 1. The molecule has 1 heterocycles. The van der Waals surface area contributed by atoms with E-state index in [1.807, 2.05) is 6.92 Å². The van der Waals surface area contributed by atoms with Crippen LogP contribution in [-0.2, 0) is 9.59 Å². The number of carbonyl (C=O) groups is 2. The number of amides is 2. The van der Waals surface area contributed by atoms with Gasteiger partial charge in [0.2, 0.25) is 11.8 Å². The SMILES string of the molecule is CCC(C)C1C(=O)NC2(CCCC2)C(=O)N1C. The molecule has 4 heteroatoms. The number of hydrogen-bond acceptors (Lipinski definition) is 2.